The van der Waals surface area contributed by atoms with Crippen LogP contribution in [0.5, 0.6) is 0 Å². The molecule has 0 aromatic rings. The number of hydrogen-bond acceptors (Lipinski definition) is 3. The van der Waals surface area contributed by atoms with Crippen molar-refractivity contribution in [1.29, 1.82) is 0 Å². The zero-order chi connectivity index (χ0) is 11.2. The highest BCUT2D eigenvalue weighted by atomic mass is 35.5. The molecular weight excluding hydrogens is 269 g/mol. The molecular formula is C13H27Cl2N3. The lowest BCUT2D eigenvalue weighted by Crippen LogP contribution is -2.28. The van der Waals surface area contributed by atoms with Crippen LogP contribution >= 0.6 is 24.8 Å². The van der Waals surface area contributed by atoms with Gasteiger partial charge in [-0.2, -0.15) is 0 Å². The number of rotatable bonds is 3. The Balaban J connectivity index is 0.00000144. The lowest BCUT2D eigenvalue weighted by molar-refractivity contribution is 0.334. The smallest absolute Gasteiger partial charge is 0.0940 e. The fourth-order valence-corrected chi connectivity index (χ4v) is 2.86. The Bertz CT molecular complexity index is 240. The molecule has 0 aromatic carbocycles. The summed E-state index contributed by atoms with van der Waals surface area (Å²) >= 11 is 0. The highest BCUT2D eigenvalue weighted by Gasteiger charge is 2.17. The predicted octanol–water partition coefficient (Wildman–Crippen LogP) is 2.91. The molecule has 0 spiro atoms. The Labute approximate surface area is 123 Å². The summed E-state index contributed by atoms with van der Waals surface area (Å²) in [6, 6.07) is 0.525. The summed E-state index contributed by atoms with van der Waals surface area (Å²) in [5, 5.41) is 3.42. The molecule has 0 radical (unpaired) electrons. The lowest BCUT2D eigenvalue weighted by atomic mass is 9.90. The molecule has 1 saturated heterocycles. The normalized spacial score (nSPS) is 25.3. The van der Waals surface area contributed by atoms with E-state index in [1.807, 2.05) is 0 Å². The highest BCUT2D eigenvalue weighted by Crippen LogP contribution is 2.23. The number of nitrogens with zero attached hydrogens (tertiary/aromatic N) is 1. The summed E-state index contributed by atoms with van der Waals surface area (Å²) in [6.45, 7) is 2.42. The van der Waals surface area contributed by atoms with Crippen molar-refractivity contribution in [1.82, 2.24) is 5.32 Å². The van der Waals surface area contributed by atoms with Crippen molar-refractivity contribution < 1.29 is 0 Å². The SMILES string of the molecule is Cl.Cl.NC1=NC(CCC2CCNCC2)CCCC1. The van der Waals surface area contributed by atoms with E-state index in [1.54, 1.807) is 0 Å². The third kappa shape index (κ3) is 6.26. The first-order valence-corrected chi connectivity index (χ1v) is 6.87. The number of halogens is 2. The Morgan fingerprint density at radius 3 is 2.50 bits per heavy atom. The van der Waals surface area contributed by atoms with E-state index in [4.69, 9.17) is 5.73 Å². The molecule has 1 atom stereocenters. The van der Waals surface area contributed by atoms with E-state index < -0.39 is 0 Å². The average molecular weight is 296 g/mol. The van der Waals surface area contributed by atoms with Gasteiger partial charge in [-0.25, -0.2) is 0 Å². The molecule has 0 bridgehead atoms. The quantitative estimate of drug-likeness (QED) is 0.841. The van der Waals surface area contributed by atoms with Crippen LogP contribution in [0.3, 0.4) is 0 Å². The van der Waals surface area contributed by atoms with Crippen LogP contribution < -0.4 is 11.1 Å². The van der Waals surface area contributed by atoms with E-state index in [1.165, 1.54) is 58.0 Å². The highest BCUT2D eigenvalue weighted by molar-refractivity contribution is 5.85. The number of amidine groups is 1. The predicted molar refractivity (Wildman–Crippen MR) is 83.2 cm³/mol. The van der Waals surface area contributed by atoms with Gasteiger partial charge in [0.1, 0.15) is 0 Å². The molecule has 0 aromatic heterocycles. The van der Waals surface area contributed by atoms with E-state index in [-0.39, 0.29) is 24.8 Å². The minimum Gasteiger partial charge on any atom is -0.387 e. The van der Waals surface area contributed by atoms with E-state index in [2.05, 4.69) is 10.3 Å². The van der Waals surface area contributed by atoms with E-state index in [0.29, 0.717) is 6.04 Å². The molecule has 3 nitrogen and oxygen atoms in total. The van der Waals surface area contributed by atoms with Gasteiger partial charge in [0.25, 0.3) is 0 Å². The molecule has 2 aliphatic rings. The summed E-state index contributed by atoms with van der Waals surface area (Å²) in [4.78, 5) is 4.64. The summed E-state index contributed by atoms with van der Waals surface area (Å²) in [5.74, 6) is 1.83. The van der Waals surface area contributed by atoms with Crippen molar-refractivity contribution in [3.8, 4) is 0 Å². The standard InChI is InChI=1S/C13H25N3.2ClH/c14-13-4-2-1-3-12(16-13)6-5-11-7-9-15-10-8-11;;/h11-12,15H,1-10H2,(H2,14,16);2*1H. The van der Waals surface area contributed by atoms with Crippen molar-refractivity contribution in [3.63, 3.8) is 0 Å². The molecule has 18 heavy (non-hydrogen) atoms. The summed E-state index contributed by atoms with van der Waals surface area (Å²) < 4.78 is 0. The summed E-state index contributed by atoms with van der Waals surface area (Å²) in [6.07, 6.45) is 10.1. The van der Waals surface area contributed by atoms with Gasteiger partial charge in [-0.1, -0.05) is 6.42 Å². The maximum atomic E-state index is 5.87. The number of nitrogens with one attached hydrogen (secondary N) is 1. The van der Waals surface area contributed by atoms with Crippen LogP contribution in [-0.4, -0.2) is 25.0 Å². The molecule has 1 fully saturated rings. The van der Waals surface area contributed by atoms with Crippen LogP contribution in [0.25, 0.3) is 0 Å². The van der Waals surface area contributed by atoms with E-state index in [9.17, 15) is 0 Å². The first-order chi connectivity index (χ1) is 7.84. The van der Waals surface area contributed by atoms with Gasteiger partial charge in [-0.05, 0) is 57.5 Å². The second-order valence-electron chi connectivity index (χ2n) is 5.29. The number of aliphatic imine (C=N–C) groups is 1. The van der Waals surface area contributed by atoms with Gasteiger partial charge in [0.15, 0.2) is 0 Å². The fourth-order valence-electron chi connectivity index (χ4n) is 2.86. The van der Waals surface area contributed by atoms with Crippen LogP contribution in [0.4, 0.5) is 0 Å². The summed E-state index contributed by atoms with van der Waals surface area (Å²) in [5.41, 5.74) is 5.87. The molecule has 5 heteroatoms. The maximum Gasteiger partial charge on any atom is 0.0940 e. The van der Waals surface area contributed by atoms with E-state index >= 15 is 0 Å². The minimum absolute atomic E-state index is 0. The van der Waals surface area contributed by atoms with Gasteiger partial charge in [0, 0.05) is 6.42 Å². The Morgan fingerprint density at radius 1 is 1.06 bits per heavy atom. The second-order valence-corrected chi connectivity index (χ2v) is 5.29. The minimum atomic E-state index is 0. The van der Waals surface area contributed by atoms with Crippen molar-refractivity contribution >= 4 is 30.6 Å². The Hall–Kier alpha value is 0.01000. The van der Waals surface area contributed by atoms with Crippen LogP contribution in [-0.2, 0) is 0 Å². The Kier molecular flexibility index (Phi) is 9.88. The number of piperidine rings is 1. The number of hydrogen-bond donors (Lipinski definition) is 2. The van der Waals surface area contributed by atoms with Crippen LogP contribution in [0.2, 0.25) is 0 Å². The van der Waals surface area contributed by atoms with Crippen LogP contribution in [0.1, 0.15) is 51.4 Å². The van der Waals surface area contributed by atoms with Gasteiger partial charge < -0.3 is 11.1 Å². The molecule has 3 N–H and O–H groups in total. The van der Waals surface area contributed by atoms with Crippen molar-refractivity contribution in [3.05, 3.63) is 0 Å². The fraction of sp³-hybridized carbons (Fsp3) is 0.923. The first-order valence-electron chi connectivity index (χ1n) is 6.87. The Morgan fingerprint density at radius 2 is 1.78 bits per heavy atom. The third-order valence-electron chi connectivity index (χ3n) is 3.94. The van der Waals surface area contributed by atoms with Crippen molar-refractivity contribution in [2.24, 2.45) is 16.6 Å². The zero-order valence-corrected chi connectivity index (χ0v) is 12.7. The van der Waals surface area contributed by atoms with Gasteiger partial charge in [0.05, 0.1) is 11.9 Å². The zero-order valence-electron chi connectivity index (χ0n) is 11.1. The monoisotopic (exact) mass is 295 g/mol. The van der Waals surface area contributed by atoms with E-state index in [0.717, 1.165) is 18.2 Å². The molecule has 0 aliphatic carbocycles. The molecule has 2 aliphatic heterocycles. The molecule has 0 saturated carbocycles. The van der Waals surface area contributed by atoms with Crippen LogP contribution in [0, 0.1) is 5.92 Å². The third-order valence-corrected chi connectivity index (χ3v) is 3.94. The van der Waals surface area contributed by atoms with Gasteiger partial charge in [-0.15, -0.1) is 24.8 Å². The average Bonchev–Trinajstić information content (AvgIpc) is 2.52. The van der Waals surface area contributed by atoms with Gasteiger partial charge in [0.2, 0.25) is 0 Å². The second kappa shape index (κ2) is 9.88. The summed E-state index contributed by atoms with van der Waals surface area (Å²) in [7, 11) is 0. The van der Waals surface area contributed by atoms with Crippen molar-refractivity contribution in [2.75, 3.05) is 13.1 Å². The number of nitrogens with two attached hydrogens (primary N) is 1. The first kappa shape index (κ1) is 18.0. The van der Waals surface area contributed by atoms with Gasteiger partial charge in [-0.3, -0.25) is 4.99 Å². The molecule has 1 unspecified atom stereocenters. The topological polar surface area (TPSA) is 50.4 Å². The molecule has 108 valence electrons. The molecule has 2 rings (SSSR count). The lowest BCUT2D eigenvalue weighted by Gasteiger charge is -2.23. The van der Waals surface area contributed by atoms with Crippen molar-refractivity contribution in [2.45, 2.75) is 57.4 Å². The maximum absolute atomic E-state index is 5.87. The van der Waals surface area contributed by atoms with Gasteiger partial charge >= 0.3 is 0 Å². The molecule has 0 amide bonds. The largest absolute Gasteiger partial charge is 0.387 e. The van der Waals surface area contributed by atoms with Crippen LogP contribution in [0.15, 0.2) is 4.99 Å². The molecule has 2 heterocycles.